The fraction of sp³-hybridized carbons (Fsp3) is 0.385. The van der Waals surface area contributed by atoms with E-state index in [9.17, 15) is 10.1 Å². The summed E-state index contributed by atoms with van der Waals surface area (Å²) in [6.07, 6.45) is 2.27. The zero-order valence-electron chi connectivity index (χ0n) is 11.9. The van der Waals surface area contributed by atoms with Crippen LogP contribution in [0.15, 0.2) is 24.5 Å². The van der Waals surface area contributed by atoms with Crippen molar-refractivity contribution in [1.82, 2.24) is 14.8 Å². The maximum absolute atomic E-state index is 10.9. The third-order valence-corrected chi connectivity index (χ3v) is 2.74. The molecule has 2 rings (SSSR count). The van der Waals surface area contributed by atoms with Crippen molar-refractivity contribution in [2.75, 3.05) is 18.5 Å². The lowest BCUT2D eigenvalue weighted by atomic mass is 10.2. The smallest absolute Gasteiger partial charge is 0.275 e. The highest BCUT2D eigenvalue weighted by Crippen LogP contribution is 2.26. The predicted molar refractivity (Wildman–Crippen MR) is 77.5 cm³/mol. The number of anilines is 1. The second kappa shape index (κ2) is 6.69. The second-order valence-electron chi connectivity index (χ2n) is 4.42. The highest BCUT2D eigenvalue weighted by atomic mass is 16.6. The maximum atomic E-state index is 10.9. The molecule has 0 spiro atoms. The van der Waals surface area contributed by atoms with Crippen LogP contribution in [0, 0.1) is 10.1 Å². The Morgan fingerprint density at radius 1 is 1.43 bits per heavy atom. The normalized spacial score (nSPS) is 10.4. The molecule has 2 aromatic rings. The zero-order valence-corrected chi connectivity index (χ0v) is 11.9. The van der Waals surface area contributed by atoms with Gasteiger partial charge in [0.1, 0.15) is 12.1 Å². The minimum Gasteiger partial charge on any atom is -0.494 e. The number of nitrogens with one attached hydrogen (secondary N) is 1. The molecule has 1 aromatic carbocycles. The number of ether oxygens (including phenoxy) is 1. The first-order valence-corrected chi connectivity index (χ1v) is 6.59. The summed E-state index contributed by atoms with van der Waals surface area (Å²) < 4.78 is 6.97. The van der Waals surface area contributed by atoms with Gasteiger partial charge in [-0.3, -0.25) is 14.8 Å². The number of aromatic nitrogens is 3. The number of benzene rings is 1. The highest BCUT2D eigenvalue weighted by molar-refractivity contribution is 5.56. The Balaban J connectivity index is 2.02. The predicted octanol–water partition coefficient (Wildman–Crippen LogP) is 1.78. The summed E-state index contributed by atoms with van der Waals surface area (Å²) in [4.78, 5) is 14.6. The molecule has 0 radical (unpaired) electrons. The van der Waals surface area contributed by atoms with E-state index in [1.165, 1.54) is 12.1 Å². The number of non-ortho nitro benzene ring substituents is 1. The third kappa shape index (κ3) is 4.16. The van der Waals surface area contributed by atoms with Crippen molar-refractivity contribution in [1.29, 1.82) is 0 Å². The molecule has 0 aliphatic heterocycles. The van der Waals surface area contributed by atoms with Crippen LogP contribution in [0.2, 0.25) is 0 Å². The Kier molecular flexibility index (Phi) is 4.70. The number of hydrogen-bond donors (Lipinski definition) is 1. The van der Waals surface area contributed by atoms with Gasteiger partial charge >= 0.3 is 0 Å². The summed E-state index contributed by atoms with van der Waals surface area (Å²) in [6, 6.07) is 4.63. The first-order chi connectivity index (χ1) is 10.1. The van der Waals surface area contributed by atoms with E-state index in [0.29, 0.717) is 31.0 Å². The van der Waals surface area contributed by atoms with Crippen LogP contribution in [-0.4, -0.2) is 32.8 Å². The quantitative estimate of drug-likeness (QED) is 0.617. The zero-order chi connectivity index (χ0) is 15.2. The molecule has 112 valence electrons. The molecule has 0 aliphatic rings. The van der Waals surface area contributed by atoms with Gasteiger partial charge in [-0.25, -0.2) is 4.98 Å². The van der Waals surface area contributed by atoms with Crippen molar-refractivity contribution in [3.05, 3.63) is 40.5 Å². The van der Waals surface area contributed by atoms with E-state index in [0.717, 1.165) is 5.82 Å². The Morgan fingerprint density at radius 2 is 2.24 bits per heavy atom. The molecule has 1 heterocycles. The Bertz CT molecular complexity index is 626. The van der Waals surface area contributed by atoms with Gasteiger partial charge in [0.2, 0.25) is 0 Å². The van der Waals surface area contributed by atoms with Crippen LogP contribution < -0.4 is 10.1 Å². The lowest BCUT2D eigenvalue weighted by Gasteiger charge is -2.08. The van der Waals surface area contributed by atoms with Gasteiger partial charge in [0.05, 0.1) is 17.6 Å². The summed E-state index contributed by atoms with van der Waals surface area (Å²) in [7, 11) is 1.80. The molecule has 0 atom stereocenters. The van der Waals surface area contributed by atoms with Gasteiger partial charge in [-0.15, -0.1) is 0 Å². The van der Waals surface area contributed by atoms with E-state index in [4.69, 9.17) is 4.74 Å². The van der Waals surface area contributed by atoms with Crippen LogP contribution in [-0.2, 0) is 13.5 Å². The lowest BCUT2D eigenvalue weighted by molar-refractivity contribution is -0.384. The lowest BCUT2D eigenvalue weighted by Crippen LogP contribution is -2.07. The number of nitro benzene ring substituents is 1. The molecule has 0 fully saturated rings. The number of nitrogens with zero attached hydrogens (tertiary/aromatic N) is 4. The largest absolute Gasteiger partial charge is 0.494 e. The van der Waals surface area contributed by atoms with E-state index in [2.05, 4.69) is 15.4 Å². The van der Waals surface area contributed by atoms with Crippen molar-refractivity contribution < 1.29 is 9.66 Å². The molecule has 8 nitrogen and oxygen atoms in total. The van der Waals surface area contributed by atoms with Gasteiger partial charge in [0.15, 0.2) is 5.82 Å². The van der Waals surface area contributed by atoms with Crippen LogP contribution in [0.1, 0.15) is 12.7 Å². The van der Waals surface area contributed by atoms with E-state index in [1.54, 1.807) is 24.1 Å². The number of nitro groups is 1. The summed E-state index contributed by atoms with van der Waals surface area (Å²) in [6.45, 7) is 2.87. The van der Waals surface area contributed by atoms with Crippen LogP contribution >= 0.6 is 0 Å². The molecule has 8 heteroatoms. The summed E-state index contributed by atoms with van der Waals surface area (Å²) >= 11 is 0. The monoisotopic (exact) mass is 291 g/mol. The topological polar surface area (TPSA) is 95.1 Å². The van der Waals surface area contributed by atoms with Crippen LogP contribution in [0.4, 0.5) is 11.4 Å². The van der Waals surface area contributed by atoms with Gasteiger partial charge in [-0.05, 0) is 6.92 Å². The fourth-order valence-electron chi connectivity index (χ4n) is 1.86. The Labute approximate surface area is 121 Å². The van der Waals surface area contributed by atoms with E-state index >= 15 is 0 Å². The standard InChI is InChI=1S/C13H17N5O3/c1-3-21-12-7-10(6-11(8-12)18(19)20)14-5-4-13-15-9-17(2)16-13/h6-9,14H,3-5H2,1-2H3. The second-order valence-corrected chi connectivity index (χ2v) is 4.42. The molecule has 0 saturated carbocycles. The molecule has 1 aromatic heterocycles. The van der Waals surface area contributed by atoms with Crippen molar-refractivity contribution in [2.24, 2.45) is 7.05 Å². The van der Waals surface area contributed by atoms with Crippen LogP contribution in [0.25, 0.3) is 0 Å². The molecule has 0 unspecified atom stereocenters. The molecular formula is C13H17N5O3. The summed E-state index contributed by atoms with van der Waals surface area (Å²) in [5, 5.41) is 18.2. The SMILES string of the molecule is CCOc1cc(NCCc2ncn(C)n2)cc([N+](=O)[O-])c1. The average Bonchev–Trinajstić information content (AvgIpc) is 2.84. The van der Waals surface area contributed by atoms with E-state index in [-0.39, 0.29) is 5.69 Å². The molecule has 1 N–H and O–H groups in total. The Hall–Kier alpha value is -2.64. The Morgan fingerprint density at radius 3 is 2.86 bits per heavy atom. The number of rotatable bonds is 7. The first-order valence-electron chi connectivity index (χ1n) is 6.59. The molecular weight excluding hydrogens is 274 g/mol. The molecule has 21 heavy (non-hydrogen) atoms. The minimum atomic E-state index is -0.437. The van der Waals surface area contributed by atoms with Gasteiger partial charge in [-0.2, -0.15) is 5.10 Å². The average molecular weight is 291 g/mol. The third-order valence-electron chi connectivity index (χ3n) is 2.74. The fourth-order valence-corrected chi connectivity index (χ4v) is 1.86. The minimum absolute atomic E-state index is 0.000545. The van der Waals surface area contributed by atoms with Crippen LogP contribution in [0.5, 0.6) is 5.75 Å². The van der Waals surface area contributed by atoms with Gasteiger partial charge in [0.25, 0.3) is 5.69 Å². The van der Waals surface area contributed by atoms with Crippen molar-refractivity contribution in [2.45, 2.75) is 13.3 Å². The molecule has 0 saturated heterocycles. The molecule has 0 amide bonds. The summed E-state index contributed by atoms with van der Waals surface area (Å²) in [5.41, 5.74) is 0.642. The van der Waals surface area contributed by atoms with Gasteiger partial charge in [0, 0.05) is 37.8 Å². The number of hydrogen-bond acceptors (Lipinski definition) is 6. The van der Waals surface area contributed by atoms with E-state index in [1.807, 2.05) is 6.92 Å². The summed E-state index contributed by atoms with van der Waals surface area (Å²) in [5.74, 6) is 1.20. The van der Waals surface area contributed by atoms with Gasteiger partial charge < -0.3 is 10.1 Å². The number of aryl methyl sites for hydroxylation is 1. The maximum Gasteiger partial charge on any atom is 0.275 e. The molecule has 0 bridgehead atoms. The van der Waals surface area contributed by atoms with E-state index < -0.39 is 4.92 Å². The van der Waals surface area contributed by atoms with Crippen molar-refractivity contribution in [3.63, 3.8) is 0 Å². The van der Waals surface area contributed by atoms with Crippen molar-refractivity contribution >= 4 is 11.4 Å². The highest BCUT2D eigenvalue weighted by Gasteiger charge is 2.10. The van der Waals surface area contributed by atoms with Crippen molar-refractivity contribution in [3.8, 4) is 5.75 Å². The van der Waals surface area contributed by atoms with Gasteiger partial charge in [-0.1, -0.05) is 0 Å². The van der Waals surface area contributed by atoms with Crippen LogP contribution in [0.3, 0.4) is 0 Å². The first kappa shape index (κ1) is 14.8. The molecule has 0 aliphatic carbocycles.